The molecular formula is C20H24FN3. The maximum Gasteiger partial charge on any atom is 0.123 e. The first kappa shape index (κ1) is 15.6. The Labute approximate surface area is 143 Å². The van der Waals surface area contributed by atoms with Crippen molar-refractivity contribution >= 4 is 5.69 Å². The lowest BCUT2D eigenvalue weighted by atomic mass is 10.1. The minimum absolute atomic E-state index is 0.157. The first-order valence-corrected chi connectivity index (χ1v) is 8.76. The lowest BCUT2D eigenvalue weighted by molar-refractivity contribution is 0.275. The third kappa shape index (κ3) is 3.04. The molecule has 0 N–H and O–H groups in total. The van der Waals surface area contributed by atoms with Crippen molar-refractivity contribution in [1.82, 2.24) is 9.91 Å². The van der Waals surface area contributed by atoms with Gasteiger partial charge in [0.25, 0.3) is 0 Å². The van der Waals surface area contributed by atoms with E-state index in [1.807, 2.05) is 12.1 Å². The van der Waals surface area contributed by atoms with E-state index in [1.54, 1.807) is 12.1 Å². The summed E-state index contributed by atoms with van der Waals surface area (Å²) in [4.78, 5) is 2.53. The molecule has 1 fully saturated rings. The van der Waals surface area contributed by atoms with Gasteiger partial charge >= 0.3 is 0 Å². The van der Waals surface area contributed by atoms with Crippen LogP contribution in [0, 0.1) is 5.82 Å². The highest BCUT2D eigenvalue weighted by atomic mass is 19.1. The molecule has 2 aromatic carbocycles. The highest BCUT2D eigenvalue weighted by Crippen LogP contribution is 2.34. The summed E-state index contributed by atoms with van der Waals surface area (Å²) < 4.78 is 13.0. The van der Waals surface area contributed by atoms with Crippen LogP contribution in [-0.4, -0.2) is 42.6 Å². The molecule has 0 radical (unpaired) electrons. The molecule has 0 aliphatic carbocycles. The van der Waals surface area contributed by atoms with Crippen LogP contribution in [0.1, 0.15) is 17.5 Å². The van der Waals surface area contributed by atoms with Crippen LogP contribution in [0.15, 0.2) is 48.5 Å². The molecule has 4 rings (SSSR count). The number of para-hydroxylation sites is 1. The molecule has 3 nitrogen and oxygen atoms in total. The van der Waals surface area contributed by atoms with Crippen molar-refractivity contribution in [3.63, 3.8) is 0 Å². The standard InChI is InChI=1S/C20H24FN3/c1-22-14-17-4-2-3-5-20(17)24(22)19-11-13-23(15-19)12-10-16-6-8-18(21)9-7-16/h2-9,19H,10-15H2,1H3. The largest absolute Gasteiger partial charge is 0.301 e. The number of hydrazine groups is 1. The zero-order valence-electron chi connectivity index (χ0n) is 14.2. The van der Waals surface area contributed by atoms with Crippen LogP contribution in [0.5, 0.6) is 0 Å². The van der Waals surface area contributed by atoms with Crippen LogP contribution in [0.25, 0.3) is 0 Å². The highest BCUT2D eigenvalue weighted by Gasteiger charge is 2.34. The third-order valence-electron chi connectivity index (χ3n) is 5.23. The van der Waals surface area contributed by atoms with Crippen molar-refractivity contribution in [3.05, 3.63) is 65.5 Å². The summed E-state index contributed by atoms with van der Waals surface area (Å²) in [6.07, 6.45) is 2.18. The molecule has 0 amide bonds. The second kappa shape index (κ2) is 6.54. The van der Waals surface area contributed by atoms with Crippen LogP contribution in [0.4, 0.5) is 10.1 Å². The van der Waals surface area contributed by atoms with Gasteiger partial charge in [0, 0.05) is 33.2 Å². The lowest BCUT2D eigenvalue weighted by Gasteiger charge is -2.33. The summed E-state index contributed by atoms with van der Waals surface area (Å²) in [5, 5.41) is 4.83. The Kier molecular flexibility index (Phi) is 4.25. The van der Waals surface area contributed by atoms with E-state index in [2.05, 4.69) is 46.2 Å². The molecule has 0 spiro atoms. The maximum atomic E-state index is 13.0. The van der Waals surface area contributed by atoms with Gasteiger partial charge in [0.05, 0.1) is 11.7 Å². The van der Waals surface area contributed by atoms with Crippen molar-refractivity contribution in [3.8, 4) is 0 Å². The molecule has 2 aliphatic heterocycles. The number of hydrogen-bond acceptors (Lipinski definition) is 3. The Morgan fingerprint density at radius 3 is 2.71 bits per heavy atom. The normalized spacial score (nSPS) is 21.4. The predicted octanol–water partition coefficient (Wildman–Crippen LogP) is 3.31. The zero-order valence-corrected chi connectivity index (χ0v) is 14.2. The van der Waals surface area contributed by atoms with E-state index < -0.39 is 0 Å². The summed E-state index contributed by atoms with van der Waals surface area (Å²) in [5.41, 5.74) is 4.00. The van der Waals surface area contributed by atoms with Crippen LogP contribution in [0.3, 0.4) is 0 Å². The Morgan fingerprint density at radius 1 is 1.08 bits per heavy atom. The Bertz CT molecular complexity index is 700. The van der Waals surface area contributed by atoms with E-state index in [-0.39, 0.29) is 5.82 Å². The Hall–Kier alpha value is -1.91. The predicted molar refractivity (Wildman–Crippen MR) is 95.3 cm³/mol. The molecule has 1 atom stereocenters. The van der Waals surface area contributed by atoms with Gasteiger partial charge in [0.1, 0.15) is 5.82 Å². The van der Waals surface area contributed by atoms with E-state index in [1.165, 1.54) is 23.2 Å². The van der Waals surface area contributed by atoms with Crippen molar-refractivity contribution in [2.24, 2.45) is 0 Å². The summed E-state index contributed by atoms with van der Waals surface area (Å²) in [6.45, 7) is 4.28. The van der Waals surface area contributed by atoms with Gasteiger partial charge in [-0.3, -0.25) is 0 Å². The van der Waals surface area contributed by atoms with Crippen molar-refractivity contribution < 1.29 is 4.39 Å². The van der Waals surface area contributed by atoms with Gasteiger partial charge in [-0.05, 0) is 42.2 Å². The van der Waals surface area contributed by atoms with E-state index in [9.17, 15) is 4.39 Å². The van der Waals surface area contributed by atoms with Gasteiger partial charge in [0.15, 0.2) is 0 Å². The molecule has 24 heavy (non-hydrogen) atoms. The van der Waals surface area contributed by atoms with Gasteiger partial charge in [-0.2, -0.15) is 0 Å². The average Bonchev–Trinajstić information content (AvgIpc) is 3.17. The van der Waals surface area contributed by atoms with E-state index in [4.69, 9.17) is 0 Å². The maximum absolute atomic E-state index is 13.0. The number of halogens is 1. The van der Waals surface area contributed by atoms with Crippen LogP contribution >= 0.6 is 0 Å². The quantitative estimate of drug-likeness (QED) is 0.854. The number of nitrogens with zero attached hydrogens (tertiary/aromatic N) is 3. The minimum Gasteiger partial charge on any atom is -0.301 e. The van der Waals surface area contributed by atoms with Crippen LogP contribution in [0.2, 0.25) is 0 Å². The summed E-state index contributed by atoms with van der Waals surface area (Å²) in [5.74, 6) is -0.157. The van der Waals surface area contributed by atoms with Crippen molar-refractivity contribution in [2.75, 3.05) is 31.7 Å². The summed E-state index contributed by atoms with van der Waals surface area (Å²) in [6, 6.07) is 16.2. The molecule has 2 aromatic rings. The fraction of sp³-hybridized carbons (Fsp3) is 0.400. The van der Waals surface area contributed by atoms with Crippen molar-refractivity contribution in [2.45, 2.75) is 25.4 Å². The zero-order chi connectivity index (χ0) is 16.5. The molecule has 0 aromatic heterocycles. The molecule has 126 valence electrons. The number of benzene rings is 2. The molecule has 0 bridgehead atoms. The third-order valence-corrected chi connectivity index (χ3v) is 5.23. The second-order valence-electron chi connectivity index (χ2n) is 6.91. The number of likely N-dealkylation sites (tertiary alicyclic amines) is 1. The fourth-order valence-corrected chi connectivity index (χ4v) is 4.00. The first-order valence-electron chi connectivity index (χ1n) is 8.76. The van der Waals surface area contributed by atoms with Crippen LogP contribution < -0.4 is 5.01 Å². The second-order valence-corrected chi connectivity index (χ2v) is 6.91. The molecule has 2 aliphatic rings. The van der Waals surface area contributed by atoms with Crippen LogP contribution in [-0.2, 0) is 13.0 Å². The molecule has 4 heteroatoms. The number of fused-ring (bicyclic) bond motifs is 1. The number of rotatable bonds is 4. The average molecular weight is 325 g/mol. The Morgan fingerprint density at radius 2 is 1.88 bits per heavy atom. The van der Waals surface area contributed by atoms with E-state index in [0.717, 1.165) is 32.6 Å². The lowest BCUT2D eigenvalue weighted by Crippen LogP contribution is -2.44. The highest BCUT2D eigenvalue weighted by molar-refractivity contribution is 5.57. The Balaban J connectivity index is 1.37. The van der Waals surface area contributed by atoms with Crippen molar-refractivity contribution in [1.29, 1.82) is 0 Å². The fourth-order valence-electron chi connectivity index (χ4n) is 4.00. The minimum atomic E-state index is -0.157. The number of anilines is 1. The molecule has 2 heterocycles. The SMILES string of the molecule is CN1Cc2ccccc2N1C1CCN(CCc2ccc(F)cc2)C1. The van der Waals surface area contributed by atoms with Gasteiger partial charge < -0.3 is 9.91 Å². The first-order chi connectivity index (χ1) is 11.7. The smallest absolute Gasteiger partial charge is 0.123 e. The molecule has 1 saturated heterocycles. The van der Waals surface area contributed by atoms with E-state index >= 15 is 0 Å². The topological polar surface area (TPSA) is 9.72 Å². The molecule has 0 saturated carbocycles. The molecule has 1 unspecified atom stereocenters. The number of hydrogen-bond donors (Lipinski definition) is 0. The molecular weight excluding hydrogens is 301 g/mol. The van der Waals surface area contributed by atoms with Gasteiger partial charge in [-0.15, -0.1) is 0 Å². The summed E-state index contributed by atoms with van der Waals surface area (Å²) in [7, 11) is 2.18. The van der Waals surface area contributed by atoms with E-state index in [0.29, 0.717) is 6.04 Å². The van der Waals surface area contributed by atoms with Gasteiger partial charge in [-0.25, -0.2) is 9.40 Å². The van der Waals surface area contributed by atoms with Gasteiger partial charge in [-0.1, -0.05) is 30.3 Å². The van der Waals surface area contributed by atoms with Gasteiger partial charge in [0.2, 0.25) is 0 Å². The monoisotopic (exact) mass is 325 g/mol. The summed E-state index contributed by atoms with van der Waals surface area (Å²) >= 11 is 0.